The third-order valence-electron chi connectivity index (χ3n) is 3.47. The quantitative estimate of drug-likeness (QED) is 0.858. The van der Waals surface area contributed by atoms with E-state index in [-0.39, 0.29) is 0 Å². The molecule has 0 radical (unpaired) electrons. The molecule has 0 spiro atoms. The molecular formula is C17H22N4. The molecule has 0 aliphatic heterocycles. The van der Waals surface area contributed by atoms with Gasteiger partial charge < -0.3 is 15.2 Å². The van der Waals surface area contributed by atoms with Gasteiger partial charge in [0.05, 0.1) is 6.54 Å². The molecule has 1 heterocycles. The summed E-state index contributed by atoms with van der Waals surface area (Å²) in [5.41, 5.74) is 9.23. The number of aryl methyl sites for hydroxylation is 1. The summed E-state index contributed by atoms with van der Waals surface area (Å²) in [4.78, 5) is 6.75. The first-order valence-corrected chi connectivity index (χ1v) is 7.14. The van der Waals surface area contributed by atoms with Crippen molar-refractivity contribution in [3.63, 3.8) is 0 Å². The van der Waals surface area contributed by atoms with Gasteiger partial charge in [-0.2, -0.15) is 0 Å². The van der Waals surface area contributed by atoms with Crippen LogP contribution in [0.1, 0.15) is 19.2 Å². The van der Waals surface area contributed by atoms with E-state index in [1.54, 1.807) is 0 Å². The Hall–Kier alpha value is -2.41. The molecule has 0 atom stereocenters. The zero-order valence-corrected chi connectivity index (χ0v) is 12.9. The van der Waals surface area contributed by atoms with Crippen molar-refractivity contribution in [3.05, 3.63) is 30.1 Å². The van der Waals surface area contributed by atoms with E-state index in [4.69, 9.17) is 17.1 Å². The number of hydrogen-bond donors (Lipinski definition) is 1. The van der Waals surface area contributed by atoms with E-state index >= 15 is 0 Å². The maximum absolute atomic E-state index is 6.24. The minimum absolute atomic E-state index is 0.462. The van der Waals surface area contributed by atoms with E-state index in [9.17, 15) is 0 Å². The van der Waals surface area contributed by atoms with Gasteiger partial charge in [0, 0.05) is 31.8 Å². The Bertz CT molecular complexity index is 645. The maximum Gasteiger partial charge on any atom is 0.132 e. The van der Waals surface area contributed by atoms with Crippen molar-refractivity contribution in [1.82, 2.24) is 9.55 Å². The normalized spacial score (nSPS) is 10.4. The van der Waals surface area contributed by atoms with Gasteiger partial charge in [-0.1, -0.05) is 25.0 Å². The van der Waals surface area contributed by atoms with Crippen LogP contribution in [0.4, 0.5) is 11.5 Å². The van der Waals surface area contributed by atoms with Crippen molar-refractivity contribution in [2.24, 2.45) is 0 Å². The third kappa shape index (κ3) is 3.03. The number of benzene rings is 1. The number of nitrogens with zero attached hydrogens (tertiary/aromatic N) is 3. The zero-order chi connectivity index (χ0) is 15.4. The molecule has 2 N–H and O–H groups in total. The summed E-state index contributed by atoms with van der Waals surface area (Å²) in [5, 5.41) is 0. The lowest BCUT2D eigenvalue weighted by Crippen LogP contribution is -2.08. The van der Waals surface area contributed by atoms with E-state index in [0.717, 1.165) is 35.6 Å². The van der Waals surface area contributed by atoms with Gasteiger partial charge in [-0.05, 0) is 18.6 Å². The summed E-state index contributed by atoms with van der Waals surface area (Å²) in [5.74, 6) is 4.25. The second-order valence-corrected chi connectivity index (χ2v) is 5.24. The molecule has 1 aromatic carbocycles. The van der Waals surface area contributed by atoms with Crippen LogP contribution in [0.3, 0.4) is 0 Å². The van der Waals surface area contributed by atoms with Gasteiger partial charge in [0.25, 0.3) is 0 Å². The van der Waals surface area contributed by atoms with Crippen molar-refractivity contribution in [3.8, 4) is 23.6 Å². The molecular weight excluding hydrogens is 260 g/mol. The molecule has 4 heteroatoms. The number of terminal acetylenes is 1. The van der Waals surface area contributed by atoms with Gasteiger partial charge in [0.2, 0.25) is 0 Å². The molecule has 0 saturated heterocycles. The number of nitrogen functional groups attached to an aromatic ring is 1. The topological polar surface area (TPSA) is 47.1 Å². The first kappa shape index (κ1) is 15.0. The number of anilines is 2. The van der Waals surface area contributed by atoms with Crippen LogP contribution in [0.15, 0.2) is 24.3 Å². The molecule has 2 rings (SSSR count). The molecule has 2 aromatic rings. The van der Waals surface area contributed by atoms with E-state index in [0.29, 0.717) is 12.4 Å². The average Bonchev–Trinajstić information content (AvgIpc) is 2.77. The van der Waals surface area contributed by atoms with Crippen LogP contribution in [0.2, 0.25) is 0 Å². The highest BCUT2D eigenvalue weighted by atomic mass is 15.1. The van der Waals surface area contributed by atoms with Crippen molar-refractivity contribution >= 4 is 11.5 Å². The minimum atomic E-state index is 0.462. The lowest BCUT2D eigenvalue weighted by atomic mass is 10.1. The Labute approximate surface area is 126 Å². The van der Waals surface area contributed by atoms with Crippen LogP contribution >= 0.6 is 0 Å². The van der Waals surface area contributed by atoms with Crippen molar-refractivity contribution in [2.75, 3.05) is 24.7 Å². The highest BCUT2D eigenvalue weighted by Gasteiger charge is 2.15. The fourth-order valence-electron chi connectivity index (χ4n) is 2.33. The fourth-order valence-corrected chi connectivity index (χ4v) is 2.33. The van der Waals surface area contributed by atoms with Gasteiger partial charge in [0.1, 0.15) is 17.3 Å². The molecule has 110 valence electrons. The molecule has 0 saturated carbocycles. The molecule has 4 nitrogen and oxygen atoms in total. The summed E-state index contributed by atoms with van der Waals surface area (Å²) < 4.78 is 1.93. The SMILES string of the molecule is C#CCn1c(CCC)nc(-c2ccc(N(C)C)cc2)c1N. The Morgan fingerprint density at radius 1 is 1.29 bits per heavy atom. The largest absolute Gasteiger partial charge is 0.383 e. The summed E-state index contributed by atoms with van der Waals surface area (Å²) in [6.45, 7) is 2.58. The van der Waals surface area contributed by atoms with Gasteiger partial charge in [0.15, 0.2) is 0 Å². The van der Waals surface area contributed by atoms with Gasteiger partial charge in [-0.3, -0.25) is 0 Å². The van der Waals surface area contributed by atoms with E-state index < -0.39 is 0 Å². The molecule has 0 amide bonds. The summed E-state index contributed by atoms with van der Waals surface area (Å²) in [6.07, 6.45) is 7.33. The molecule has 0 aliphatic rings. The first-order chi connectivity index (χ1) is 10.1. The van der Waals surface area contributed by atoms with Crippen molar-refractivity contribution in [1.29, 1.82) is 0 Å². The lowest BCUT2D eigenvalue weighted by molar-refractivity contribution is 0.733. The molecule has 0 fully saturated rings. The predicted molar refractivity (Wildman–Crippen MR) is 89.2 cm³/mol. The first-order valence-electron chi connectivity index (χ1n) is 7.14. The number of rotatable bonds is 5. The Morgan fingerprint density at radius 2 is 1.95 bits per heavy atom. The fraction of sp³-hybridized carbons (Fsp3) is 0.353. The molecule has 1 aromatic heterocycles. The highest BCUT2D eigenvalue weighted by Crippen LogP contribution is 2.28. The summed E-state index contributed by atoms with van der Waals surface area (Å²) in [7, 11) is 4.04. The van der Waals surface area contributed by atoms with Crippen molar-refractivity contribution in [2.45, 2.75) is 26.3 Å². The highest BCUT2D eigenvalue weighted by molar-refractivity contribution is 5.72. The standard InChI is InChI=1S/C17H22N4/c1-5-7-15-19-16(17(18)21(15)12-6-2)13-8-10-14(11-9-13)20(3)4/h2,8-11H,5,7,12,18H2,1,3-4H3. The van der Waals surface area contributed by atoms with E-state index in [2.05, 4.69) is 29.9 Å². The van der Waals surface area contributed by atoms with Crippen LogP contribution < -0.4 is 10.6 Å². The van der Waals surface area contributed by atoms with Crippen molar-refractivity contribution < 1.29 is 0 Å². The van der Waals surface area contributed by atoms with Crippen LogP contribution in [0, 0.1) is 12.3 Å². The predicted octanol–water partition coefficient (Wildman–Crippen LogP) is 2.78. The number of hydrogen-bond acceptors (Lipinski definition) is 3. The molecule has 21 heavy (non-hydrogen) atoms. The smallest absolute Gasteiger partial charge is 0.132 e. The van der Waals surface area contributed by atoms with E-state index in [1.165, 1.54) is 0 Å². The van der Waals surface area contributed by atoms with Gasteiger partial charge in [-0.25, -0.2) is 4.98 Å². The van der Waals surface area contributed by atoms with Gasteiger partial charge in [-0.15, -0.1) is 6.42 Å². The monoisotopic (exact) mass is 282 g/mol. The number of nitrogens with two attached hydrogens (primary N) is 1. The Kier molecular flexibility index (Phi) is 4.54. The van der Waals surface area contributed by atoms with Crippen LogP contribution in [-0.2, 0) is 13.0 Å². The lowest BCUT2D eigenvalue weighted by Gasteiger charge is -2.12. The molecule has 0 aliphatic carbocycles. The van der Waals surface area contributed by atoms with Crippen LogP contribution in [-0.4, -0.2) is 23.6 Å². The van der Waals surface area contributed by atoms with Crippen LogP contribution in [0.5, 0.6) is 0 Å². The minimum Gasteiger partial charge on any atom is -0.383 e. The molecule has 0 unspecified atom stereocenters. The van der Waals surface area contributed by atoms with Crippen LogP contribution in [0.25, 0.3) is 11.3 Å². The summed E-state index contributed by atoms with van der Waals surface area (Å²) in [6, 6.07) is 8.22. The average molecular weight is 282 g/mol. The van der Waals surface area contributed by atoms with Gasteiger partial charge >= 0.3 is 0 Å². The number of aromatic nitrogens is 2. The Morgan fingerprint density at radius 3 is 2.48 bits per heavy atom. The maximum atomic E-state index is 6.24. The third-order valence-corrected chi connectivity index (χ3v) is 3.47. The second-order valence-electron chi connectivity index (χ2n) is 5.24. The number of imidazole rings is 1. The second kappa shape index (κ2) is 6.36. The molecule has 0 bridgehead atoms. The van der Waals surface area contributed by atoms with E-state index in [1.807, 2.05) is 30.8 Å². The zero-order valence-electron chi connectivity index (χ0n) is 12.9. The Balaban J connectivity index is 2.43. The summed E-state index contributed by atoms with van der Waals surface area (Å²) >= 11 is 0.